The molecule has 3 heteroatoms. The first kappa shape index (κ1) is 10.8. The Labute approximate surface area is 101 Å². The van der Waals surface area contributed by atoms with Crippen LogP contribution in [-0.4, -0.2) is 18.1 Å². The predicted octanol–water partition coefficient (Wildman–Crippen LogP) is 2.68. The predicted molar refractivity (Wildman–Crippen MR) is 68.0 cm³/mol. The molecule has 1 fully saturated rings. The maximum Gasteiger partial charge on any atom is 0.195 e. The van der Waals surface area contributed by atoms with E-state index in [2.05, 4.69) is 29.4 Å². The summed E-state index contributed by atoms with van der Waals surface area (Å²) in [5.41, 5.74) is 3.13. The molecule has 0 saturated carbocycles. The van der Waals surface area contributed by atoms with Crippen LogP contribution in [0, 0.1) is 12.8 Å². The second-order valence-corrected chi connectivity index (χ2v) is 4.98. The summed E-state index contributed by atoms with van der Waals surface area (Å²) in [6.45, 7) is 4.34. The van der Waals surface area contributed by atoms with Crippen LogP contribution < -0.4 is 5.32 Å². The van der Waals surface area contributed by atoms with Crippen LogP contribution >= 0.6 is 0 Å². The molecule has 3 rings (SSSR count). The van der Waals surface area contributed by atoms with E-state index in [9.17, 15) is 0 Å². The van der Waals surface area contributed by atoms with Crippen molar-refractivity contribution in [3.8, 4) is 0 Å². The van der Waals surface area contributed by atoms with Crippen molar-refractivity contribution in [1.82, 2.24) is 10.3 Å². The molecule has 1 aliphatic rings. The van der Waals surface area contributed by atoms with Gasteiger partial charge in [-0.05, 0) is 56.5 Å². The fraction of sp³-hybridized carbons (Fsp3) is 0.500. The number of aromatic nitrogens is 1. The Bertz CT molecular complexity index is 512. The van der Waals surface area contributed by atoms with Crippen LogP contribution in [0.3, 0.4) is 0 Å². The second-order valence-electron chi connectivity index (χ2n) is 4.98. The van der Waals surface area contributed by atoms with E-state index in [1.165, 1.54) is 18.4 Å². The van der Waals surface area contributed by atoms with Crippen LogP contribution in [0.15, 0.2) is 22.6 Å². The van der Waals surface area contributed by atoms with Gasteiger partial charge in [-0.1, -0.05) is 6.07 Å². The first-order chi connectivity index (χ1) is 8.31. The quantitative estimate of drug-likeness (QED) is 0.862. The highest BCUT2D eigenvalue weighted by Crippen LogP contribution is 2.22. The zero-order chi connectivity index (χ0) is 11.7. The van der Waals surface area contributed by atoms with Gasteiger partial charge in [0.25, 0.3) is 0 Å². The Hall–Kier alpha value is -1.35. The number of benzene rings is 1. The average Bonchev–Trinajstić information content (AvgIpc) is 2.71. The van der Waals surface area contributed by atoms with Crippen LogP contribution in [0.5, 0.6) is 0 Å². The van der Waals surface area contributed by atoms with Crippen molar-refractivity contribution in [3.63, 3.8) is 0 Å². The van der Waals surface area contributed by atoms with Gasteiger partial charge in [0.2, 0.25) is 0 Å². The lowest BCUT2D eigenvalue weighted by Crippen LogP contribution is -2.28. The SMILES string of the molecule is Cc1ccc2nc(CC3CCNCC3)oc2c1. The summed E-state index contributed by atoms with van der Waals surface area (Å²) in [7, 11) is 0. The highest BCUT2D eigenvalue weighted by molar-refractivity contribution is 5.73. The molecule has 0 radical (unpaired) electrons. The molecule has 0 bridgehead atoms. The van der Waals surface area contributed by atoms with Crippen molar-refractivity contribution in [2.24, 2.45) is 5.92 Å². The fourth-order valence-corrected chi connectivity index (χ4v) is 2.50. The number of piperidine rings is 1. The minimum Gasteiger partial charge on any atom is -0.441 e. The molecule has 2 aromatic rings. The fourth-order valence-electron chi connectivity index (χ4n) is 2.50. The van der Waals surface area contributed by atoms with Crippen LogP contribution in [0.2, 0.25) is 0 Å². The van der Waals surface area contributed by atoms with Crippen LogP contribution in [0.25, 0.3) is 11.1 Å². The molecule has 1 N–H and O–H groups in total. The normalized spacial score (nSPS) is 17.7. The molecular formula is C14H18N2O. The van der Waals surface area contributed by atoms with Crippen molar-refractivity contribution >= 4 is 11.1 Å². The Kier molecular flexibility index (Phi) is 2.85. The van der Waals surface area contributed by atoms with Gasteiger partial charge in [-0.2, -0.15) is 0 Å². The maximum atomic E-state index is 5.82. The van der Waals surface area contributed by atoms with Gasteiger partial charge in [0.1, 0.15) is 5.52 Å². The lowest BCUT2D eigenvalue weighted by Gasteiger charge is -2.20. The summed E-state index contributed by atoms with van der Waals surface area (Å²) in [5, 5.41) is 3.38. The Morgan fingerprint density at radius 3 is 3.00 bits per heavy atom. The molecule has 17 heavy (non-hydrogen) atoms. The summed E-state index contributed by atoms with van der Waals surface area (Å²) in [6, 6.07) is 6.19. The van der Waals surface area contributed by atoms with Gasteiger partial charge in [-0.25, -0.2) is 4.98 Å². The van der Waals surface area contributed by atoms with E-state index in [0.717, 1.165) is 42.4 Å². The van der Waals surface area contributed by atoms with Gasteiger partial charge in [-0.15, -0.1) is 0 Å². The number of rotatable bonds is 2. The van der Waals surface area contributed by atoms with Gasteiger partial charge in [-0.3, -0.25) is 0 Å². The maximum absolute atomic E-state index is 5.82. The number of fused-ring (bicyclic) bond motifs is 1. The third-order valence-corrected chi connectivity index (χ3v) is 3.51. The van der Waals surface area contributed by atoms with Crippen molar-refractivity contribution in [2.75, 3.05) is 13.1 Å². The largest absolute Gasteiger partial charge is 0.441 e. The van der Waals surface area contributed by atoms with Crippen LogP contribution in [0.4, 0.5) is 0 Å². The third-order valence-electron chi connectivity index (χ3n) is 3.51. The minimum absolute atomic E-state index is 0.727. The molecule has 0 spiro atoms. The second kappa shape index (κ2) is 4.49. The molecule has 1 aromatic heterocycles. The number of oxazole rings is 1. The smallest absolute Gasteiger partial charge is 0.195 e. The number of aryl methyl sites for hydroxylation is 1. The van der Waals surface area contributed by atoms with E-state index in [4.69, 9.17) is 4.42 Å². The third kappa shape index (κ3) is 2.34. The summed E-state index contributed by atoms with van der Waals surface area (Å²) in [4.78, 5) is 4.56. The lowest BCUT2D eigenvalue weighted by atomic mass is 9.95. The monoisotopic (exact) mass is 230 g/mol. The minimum atomic E-state index is 0.727. The molecule has 1 saturated heterocycles. The Morgan fingerprint density at radius 1 is 1.35 bits per heavy atom. The molecule has 0 amide bonds. The zero-order valence-electron chi connectivity index (χ0n) is 10.2. The summed E-state index contributed by atoms with van der Waals surface area (Å²) in [5.74, 6) is 1.63. The molecule has 2 heterocycles. The molecule has 0 atom stereocenters. The molecule has 0 aliphatic carbocycles. The number of nitrogens with one attached hydrogen (secondary N) is 1. The van der Waals surface area contributed by atoms with Gasteiger partial charge >= 0.3 is 0 Å². The Balaban J connectivity index is 1.80. The standard InChI is InChI=1S/C14H18N2O/c1-10-2-3-12-13(8-10)17-14(16-12)9-11-4-6-15-7-5-11/h2-3,8,11,15H,4-7,9H2,1H3. The summed E-state index contributed by atoms with van der Waals surface area (Å²) >= 11 is 0. The number of nitrogens with zero attached hydrogens (tertiary/aromatic N) is 1. The summed E-state index contributed by atoms with van der Waals surface area (Å²) in [6.07, 6.45) is 3.45. The van der Waals surface area contributed by atoms with Crippen LogP contribution in [0.1, 0.15) is 24.3 Å². The zero-order valence-corrected chi connectivity index (χ0v) is 10.2. The van der Waals surface area contributed by atoms with E-state index >= 15 is 0 Å². The Morgan fingerprint density at radius 2 is 2.18 bits per heavy atom. The van der Waals surface area contributed by atoms with Gasteiger partial charge in [0.05, 0.1) is 0 Å². The summed E-state index contributed by atoms with van der Waals surface area (Å²) < 4.78 is 5.82. The number of hydrogen-bond donors (Lipinski definition) is 1. The van der Waals surface area contributed by atoms with Gasteiger partial charge in [0, 0.05) is 6.42 Å². The highest BCUT2D eigenvalue weighted by atomic mass is 16.3. The molecule has 0 unspecified atom stereocenters. The highest BCUT2D eigenvalue weighted by Gasteiger charge is 2.16. The van der Waals surface area contributed by atoms with Crippen molar-refractivity contribution in [3.05, 3.63) is 29.7 Å². The van der Waals surface area contributed by atoms with Crippen molar-refractivity contribution in [2.45, 2.75) is 26.2 Å². The van der Waals surface area contributed by atoms with E-state index in [0.29, 0.717) is 0 Å². The first-order valence-corrected chi connectivity index (χ1v) is 6.38. The van der Waals surface area contributed by atoms with Crippen molar-refractivity contribution < 1.29 is 4.42 Å². The molecular weight excluding hydrogens is 212 g/mol. The first-order valence-electron chi connectivity index (χ1n) is 6.38. The molecule has 90 valence electrons. The van der Waals surface area contributed by atoms with Crippen LogP contribution in [-0.2, 0) is 6.42 Å². The van der Waals surface area contributed by atoms with E-state index in [-0.39, 0.29) is 0 Å². The number of hydrogen-bond acceptors (Lipinski definition) is 3. The lowest BCUT2D eigenvalue weighted by molar-refractivity contribution is 0.346. The van der Waals surface area contributed by atoms with E-state index in [1.807, 2.05) is 6.07 Å². The van der Waals surface area contributed by atoms with E-state index in [1.54, 1.807) is 0 Å². The average molecular weight is 230 g/mol. The topological polar surface area (TPSA) is 38.1 Å². The van der Waals surface area contributed by atoms with E-state index < -0.39 is 0 Å². The van der Waals surface area contributed by atoms with Gasteiger partial charge < -0.3 is 9.73 Å². The van der Waals surface area contributed by atoms with Crippen molar-refractivity contribution in [1.29, 1.82) is 0 Å². The molecule has 1 aromatic carbocycles. The molecule has 3 nitrogen and oxygen atoms in total. The van der Waals surface area contributed by atoms with Gasteiger partial charge in [0.15, 0.2) is 11.5 Å². The molecule has 1 aliphatic heterocycles.